The van der Waals surface area contributed by atoms with Crippen molar-refractivity contribution in [1.29, 1.82) is 0 Å². The van der Waals surface area contributed by atoms with E-state index in [4.69, 9.17) is 9.47 Å². The van der Waals surface area contributed by atoms with Crippen LogP contribution in [-0.4, -0.2) is 64.6 Å². The number of carbonyl (C=O) groups excluding carboxylic acids is 1. The first kappa shape index (κ1) is 16.2. The second-order valence-electron chi connectivity index (χ2n) is 4.39. The van der Waals surface area contributed by atoms with Crippen LogP contribution in [-0.2, 0) is 19.5 Å². The Morgan fingerprint density at radius 2 is 2.00 bits per heavy atom. The van der Waals surface area contributed by atoms with Gasteiger partial charge in [0.2, 0.25) is 10.0 Å². The van der Waals surface area contributed by atoms with Gasteiger partial charge in [0.05, 0.1) is 19.0 Å². The molecule has 8 heteroatoms. The molecule has 7 nitrogen and oxygen atoms in total. The van der Waals surface area contributed by atoms with Crippen LogP contribution in [0.25, 0.3) is 0 Å². The van der Waals surface area contributed by atoms with Crippen LogP contribution in [0.2, 0.25) is 0 Å². The van der Waals surface area contributed by atoms with Gasteiger partial charge in [-0.15, -0.1) is 0 Å². The summed E-state index contributed by atoms with van der Waals surface area (Å²) in [4.78, 5) is 13.1. The van der Waals surface area contributed by atoms with Gasteiger partial charge in [0.1, 0.15) is 0 Å². The Labute approximate surface area is 114 Å². The number of hydrogen-bond donors (Lipinski definition) is 1. The molecule has 0 unspecified atom stereocenters. The lowest BCUT2D eigenvalue weighted by molar-refractivity contribution is 0.0966. The van der Waals surface area contributed by atoms with Crippen molar-refractivity contribution < 1.29 is 22.7 Å². The van der Waals surface area contributed by atoms with Crippen molar-refractivity contribution in [3.05, 3.63) is 0 Å². The quantitative estimate of drug-likeness (QED) is 0.755. The molecule has 0 atom stereocenters. The van der Waals surface area contributed by atoms with E-state index >= 15 is 0 Å². The Hall–Kier alpha value is -0.860. The zero-order chi connectivity index (χ0) is 14.3. The lowest BCUT2D eigenvalue weighted by atomic mass is 10.1. The minimum atomic E-state index is -3.30. The molecule has 1 N–H and O–H groups in total. The summed E-state index contributed by atoms with van der Waals surface area (Å²) in [5.74, 6) is -0.0401. The number of sulfonamides is 1. The standard InChI is InChI=1S/C11H22N2O5S/c1-3-18-11(14)13-6-4-10(5-7-13)12-19(15,16)9-8-17-2/h10,12H,3-9H2,1-2H3. The number of methoxy groups -OCH3 is 1. The van der Waals surface area contributed by atoms with E-state index in [2.05, 4.69) is 4.72 Å². The summed E-state index contributed by atoms with van der Waals surface area (Å²) < 4.78 is 35.6. The third-order valence-corrected chi connectivity index (χ3v) is 4.32. The summed E-state index contributed by atoms with van der Waals surface area (Å²) in [5.41, 5.74) is 0. The fraction of sp³-hybridized carbons (Fsp3) is 0.909. The Bertz CT molecular complexity index is 377. The molecule has 1 saturated heterocycles. The highest BCUT2D eigenvalue weighted by Gasteiger charge is 2.26. The van der Waals surface area contributed by atoms with E-state index in [-0.39, 0.29) is 24.5 Å². The Morgan fingerprint density at radius 3 is 2.53 bits per heavy atom. The molecule has 0 spiro atoms. The minimum absolute atomic E-state index is 0.0401. The predicted molar refractivity (Wildman–Crippen MR) is 70.4 cm³/mol. The molecular formula is C11H22N2O5S. The van der Waals surface area contributed by atoms with Crippen molar-refractivity contribution in [3.8, 4) is 0 Å². The third kappa shape index (κ3) is 5.75. The van der Waals surface area contributed by atoms with Crippen LogP contribution in [0, 0.1) is 0 Å². The van der Waals surface area contributed by atoms with Gasteiger partial charge in [-0.3, -0.25) is 0 Å². The third-order valence-electron chi connectivity index (χ3n) is 2.92. The average Bonchev–Trinajstić information content (AvgIpc) is 2.37. The number of ether oxygens (including phenoxy) is 2. The molecule has 0 aromatic carbocycles. The SMILES string of the molecule is CCOC(=O)N1CCC(NS(=O)(=O)CCOC)CC1. The number of piperidine rings is 1. The van der Waals surface area contributed by atoms with Gasteiger partial charge in [-0.05, 0) is 19.8 Å². The first-order valence-corrected chi connectivity index (χ1v) is 8.04. The summed E-state index contributed by atoms with van der Waals surface area (Å²) in [5, 5.41) is 0. The Morgan fingerprint density at radius 1 is 1.37 bits per heavy atom. The van der Waals surface area contributed by atoms with Crippen molar-refractivity contribution in [3.63, 3.8) is 0 Å². The fourth-order valence-corrected chi connectivity index (χ4v) is 3.15. The van der Waals surface area contributed by atoms with Gasteiger partial charge >= 0.3 is 6.09 Å². The predicted octanol–water partition coefficient (Wildman–Crippen LogP) is 0.173. The molecule has 0 aliphatic carbocycles. The highest BCUT2D eigenvalue weighted by Crippen LogP contribution is 2.12. The smallest absolute Gasteiger partial charge is 0.409 e. The van der Waals surface area contributed by atoms with Crippen molar-refractivity contribution >= 4 is 16.1 Å². The number of likely N-dealkylation sites (tertiary alicyclic amines) is 1. The van der Waals surface area contributed by atoms with Crippen molar-refractivity contribution in [2.75, 3.05) is 39.2 Å². The molecule has 0 aromatic rings. The summed E-state index contributed by atoms with van der Waals surface area (Å²) >= 11 is 0. The first-order valence-electron chi connectivity index (χ1n) is 6.39. The van der Waals surface area contributed by atoms with Gasteiger partial charge in [0, 0.05) is 26.2 Å². The molecule has 0 bridgehead atoms. The van der Waals surface area contributed by atoms with Crippen molar-refractivity contribution in [2.45, 2.75) is 25.8 Å². The van der Waals surface area contributed by atoms with Crippen molar-refractivity contribution in [1.82, 2.24) is 9.62 Å². The van der Waals surface area contributed by atoms with E-state index < -0.39 is 10.0 Å². The van der Waals surface area contributed by atoms with Crippen LogP contribution >= 0.6 is 0 Å². The number of rotatable bonds is 6. The number of carbonyl (C=O) groups is 1. The molecule has 1 aliphatic heterocycles. The van der Waals surface area contributed by atoms with E-state index in [0.29, 0.717) is 32.5 Å². The number of nitrogens with one attached hydrogen (secondary N) is 1. The van der Waals surface area contributed by atoms with Crippen LogP contribution in [0.15, 0.2) is 0 Å². The Balaban J connectivity index is 2.36. The molecule has 1 amide bonds. The van der Waals surface area contributed by atoms with Crippen LogP contribution in [0.1, 0.15) is 19.8 Å². The maximum absolute atomic E-state index is 11.7. The largest absolute Gasteiger partial charge is 0.450 e. The number of hydrogen-bond acceptors (Lipinski definition) is 5. The zero-order valence-electron chi connectivity index (χ0n) is 11.4. The van der Waals surface area contributed by atoms with Crippen LogP contribution in [0.4, 0.5) is 4.79 Å². The molecule has 19 heavy (non-hydrogen) atoms. The molecule has 112 valence electrons. The molecule has 1 rings (SSSR count). The second kappa shape index (κ2) is 7.66. The van der Waals surface area contributed by atoms with E-state index in [1.54, 1.807) is 11.8 Å². The maximum Gasteiger partial charge on any atom is 0.409 e. The molecular weight excluding hydrogens is 272 g/mol. The lowest BCUT2D eigenvalue weighted by Crippen LogP contribution is -2.47. The molecule has 0 radical (unpaired) electrons. The second-order valence-corrected chi connectivity index (χ2v) is 6.26. The van der Waals surface area contributed by atoms with E-state index in [1.807, 2.05) is 0 Å². The highest BCUT2D eigenvalue weighted by atomic mass is 32.2. The molecule has 0 aromatic heterocycles. The van der Waals surface area contributed by atoms with Crippen LogP contribution in [0.3, 0.4) is 0 Å². The van der Waals surface area contributed by atoms with Gasteiger partial charge in [0.15, 0.2) is 0 Å². The van der Waals surface area contributed by atoms with Crippen LogP contribution in [0.5, 0.6) is 0 Å². The van der Waals surface area contributed by atoms with Crippen molar-refractivity contribution in [2.24, 2.45) is 0 Å². The Kier molecular flexibility index (Phi) is 6.53. The van der Waals surface area contributed by atoms with Crippen LogP contribution < -0.4 is 4.72 Å². The van der Waals surface area contributed by atoms with E-state index in [1.165, 1.54) is 7.11 Å². The summed E-state index contributed by atoms with van der Waals surface area (Å²) in [6.45, 7) is 3.31. The van der Waals surface area contributed by atoms with Gasteiger partial charge in [-0.25, -0.2) is 17.9 Å². The summed E-state index contributed by atoms with van der Waals surface area (Å²) in [6, 6.07) is -0.118. The highest BCUT2D eigenvalue weighted by molar-refractivity contribution is 7.89. The normalized spacial score (nSPS) is 17.5. The maximum atomic E-state index is 11.7. The summed E-state index contributed by atoms with van der Waals surface area (Å²) in [6.07, 6.45) is 0.874. The number of amides is 1. The zero-order valence-corrected chi connectivity index (χ0v) is 12.2. The summed E-state index contributed by atoms with van der Waals surface area (Å²) in [7, 11) is -1.84. The minimum Gasteiger partial charge on any atom is -0.450 e. The topological polar surface area (TPSA) is 84.9 Å². The van der Waals surface area contributed by atoms with E-state index in [0.717, 1.165) is 0 Å². The fourth-order valence-electron chi connectivity index (χ4n) is 1.90. The number of nitrogens with zero attached hydrogens (tertiary/aromatic N) is 1. The monoisotopic (exact) mass is 294 g/mol. The van der Waals surface area contributed by atoms with Gasteiger partial charge in [-0.1, -0.05) is 0 Å². The molecule has 1 heterocycles. The molecule has 1 fully saturated rings. The average molecular weight is 294 g/mol. The lowest BCUT2D eigenvalue weighted by Gasteiger charge is -2.31. The molecule has 0 saturated carbocycles. The molecule has 1 aliphatic rings. The van der Waals surface area contributed by atoms with Gasteiger partial charge < -0.3 is 14.4 Å². The van der Waals surface area contributed by atoms with Gasteiger partial charge in [-0.2, -0.15) is 0 Å². The first-order chi connectivity index (χ1) is 8.98. The van der Waals surface area contributed by atoms with Gasteiger partial charge in [0.25, 0.3) is 0 Å². The van der Waals surface area contributed by atoms with E-state index in [9.17, 15) is 13.2 Å².